The summed E-state index contributed by atoms with van der Waals surface area (Å²) in [6.45, 7) is 0.663. The predicted octanol–water partition coefficient (Wildman–Crippen LogP) is 3.39. The molecule has 0 atom stereocenters. The molecule has 0 aliphatic carbocycles. The number of hydrogen-bond acceptors (Lipinski definition) is 5. The number of anilines is 2. The molecule has 1 amide bonds. The van der Waals surface area contributed by atoms with Gasteiger partial charge in [-0.1, -0.05) is 36.4 Å². The van der Waals surface area contributed by atoms with E-state index >= 15 is 0 Å². The molecule has 2 N–H and O–H groups in total. The minimum Gasteiger partial charge on any atom is -0.496 e. The Balaban J connectivity index is 1.53. The summed E-state index contributed by atoms with van der Waals surface area (Å²) < 4.78 is 5.34. The lowest BCUT2D eigenvalue weighted by Crippen LogP contribution is -2.14. The van der Waals surface area contributed by atoms with Crippen LogP contribution in [0.1, 0.15) is 15.9 Å². The van der Waals surface area contributed by atoms with Crippen molar-refractivity contribution in [2.24, 2.45) is 0 Å². The fraction of sp³-hybridized carbons (Fsp3) is 0.150. The molecule has 1 heterocycles. The number of carbonyl (C=O) groups is 1. The number of methoxy groups -OCH3 is 1. The maximum atomic E-state index is 12.2. The molecular formula is C20H20N4O2. The first-order chi connectivity index (χ1) is 12.8. The first-order valence-electron chi connectivity index (χ1n) is 8.30. The van der Waals surface area contributed by atoms with E-state index in [4.69, 9.17) is 4.74 Å². The Morgan fingerprint density at radius 3 is 2.42 bits per heavy atom. The third-order valence-electron chi connectivity index (χ3n) is 3.82. The molecule has 2 aromatic carbocycles. The highest BCUT2D eigenvalue weighted by molar-refractivity contribution is 6.03. The molecule has 0 aliphatic heterocycles. The number of para-hydroxylation sites is 2. The number of carbonyl (C=O) groups excluding carboxylic acids is 1. The van der Waals surface area contributed by atoms with Gasteiger partial charge in [0.15, 0.2) is 0 Å². The van der Waals surface area contributed by atoms with Crippen LogP contribution in [0.4, 0.5) is 11.6 Å². The second-order valence-electron chi connectivity index (χ2n) is 5.60. The van der Waals surface area contributed by atoms with Crippen molar-refractivity contribution < 1.29 is 9.53 Å². The van der Waals surface area contributed by atoms with Crippen molar-refractivity contribution in [3.63, 3.8) is 0 Å². The van der Waals surface area contributed by atoms with E-state index in [-0.39, 0.29) is 5.91 Å². The topological polar surface area (TPSA) is 76.1 Å². The number of amides is 1. The van der Waals surface area contributed by atoms with Gasteiger partial charge in [0.2, 0.25) is 5.95 Å². The third kappa shape index (κ3) is 4.57. The summed E-state index contributed by atoms with van der Waals surface area (Å²) in [6, 6.07) is 17.2. The highest BCUT2D eigenvalue weighted by Crippen LogP contribution is 2.17. The summed E-state index contributed by atoms with van der Waals surface area (Å²) >= 11 is 0. The summed E-state index contributed by atoms with van der Waals surface area (Å²) in [5.74, 6) is 1.11. The third-order valence-corrected chi connectivity index (χ3v) is 3.82. The zero-order valence-corrected chi connectivity index (χ0v) is 14.5. The fourth-order valence-electron chi connectivity index (χ4n) is 2.48. The zero-order chi connectivity index (χ0) is 18.2. The monoisotopic (exact) mass is 348 g/mol. The summed E-state index contributed by atoms with van der Waals surface area (Å²) in [6.07, 6.45) is 3.80. The van der Waals surface area contributed by atoms with Crippen LogP contribution in [0.25, 0.3) is 0 Å². The largest absolute Gasteiger partial charge is 0.496 e. The number of ether oxygens (including phenoxy) is 1. The molecule has 0 unspecified atom stereocenters. The Morgan fingerprint density at radius 1 is 1.00 bits per heavy atom. The Morgan fingerprint density at radius 2 is 1.69 bits per heavy atom. The van der Waals surface area contributed by atoms with Crippen LogP contribution in [-0.2, 0) is 6.42 Å². The van der Waals surface area contributed by atoms with Crippen LogP contribution >= 0.6 is 0 Å². The molecule has 6 heteroatoms. The number of aromatic nitrogens is 2. The standard InChI is InChI=1S/C20H20N4O2/c1-26-18-10-6-5-7-15(18)11-12-21-20-22-13-16(14-23-20)19(25)24-17-8-3-2-4-9-17/h2-10,13-14H,11-12H2,1H3,(H,24,25)(H,21,22,23). The predicted molar refractivity (Wildman–Crippen MR) is 102 cm³/mol. The van der Waals surface area contributed by atoms with Gasteiger partial charge >= 0.3 is 0 Å². The normalized spacial score (nSPS) is 10.2. The number of nitrogens with zero attached hydrogens (tertiary/aromatic N) is 2. The smallest absolute Gasteiger partial charge is 0.258 e. The highest BCUT2D eigenvalue weighted by atomic mass is 16.5. The molecular weight excluding hydrogens is 328 g/mol. The van der Waals surface area contributed by atoms with E-state index < -0.39 is 0 Å². The van der Waals surface area contributed by atoms with Crippen LogP contribution < -0.4 is 15.4 Å². The second-order valence-corrected chi connectivity index (χ2v) is 5.60. The average Bonchev–Trinajstić information content (AvgIpc) is 2.69. The number of hydrogen-bond donors (Lipinski definition) is 2. The number of benzene rings is 2. The molecule has 0 bridgehead atoms. The average molecular weight is 348 g/mol. The molecule has 0 saturated heterocycles. The first kappa shape index (κ1) is 17.4. The van der Waals surface area contributed by atoms with E-state index in [2.05, 4.69) is 20.6 Å². The SMILES string of the molecule is COc1ccccc1CCNc1ncc(C(=O)Nc2ccccc2)cn1. The zero-order valence-electron chi connectivity index (χ0n) is 14.5. The Kier molecular flexibility index (Phi) is 5.77. The molecule has 6 nitrogen and oxygen atoms in total. The van der Waals surface area contributed by atoms with Crippen molar-refractivity contribution in [3.05, 3.63) is 78.1 Å². The Labute approximate surface area is 152 Å². The van der Waals surface area contributed by atoms with E-state index in [1.54, 1.807) is 7.11 Å². The van der Waals surface area contributed by atoms with Crippen molar-refractivity contribution >= 4 is 17.5 Å². The van der Waals surface area contributed by atoms with E-state index in [0.29, 0.717) is 18.1 Å². The Hall–Kier alpha value is -3.41. The quantitative estimate of drug-likeness (QED) is 0.684. The first-order valence-corrected chi connectivity index (χ1v) is 8.30. The van der Waals surface area contributed by atoms with Crippen molar-refractivity contribution in [1.82, 2.24) is 9.97 Å². The van der Waals surface area contributed by atoms with Crippen LogP contribution in [0.15, 0.2) is 67.0 Å². The summed E-state index contributed by atoms with van der Waals surface area (Å²) in [7, 11) is 1.66. The van der Waals surface area contributed by atoms with Crippen molar-refractivity contribution in [2.45, 2.75) is 6.42 Å². The van der Waals surface area contributed by atoms with Gasteiger partial charge in [-0.15, -0.1) is 0 Å². The van der Waals surface area contributed by atoms with Crippen LogP contribution in [0.5, 0.6) is 5.75 Å². The van der Waals surface area contributed by atoms with Gasteiger partial charge in [-0.3, -0.25) is 4.79 Å². The van der Waals surface area contributed by atoms with Crippen LogP contribution in [0, 0.1) is 0 Å². The fourth-order valence-corrected chi connectivity index (χ4v) is 2.48. The van der Waals surface area contributed by atoms with E-state index in [1.165, 1.54) is 12.4 Å². The van der Waals surface area contributed by atoms with Crippen LogP contribution in [-0.4, -0.2) is 29.5 Å². The van der Waals surface area contributed by atoms with E-state index in [1.807, 2.05) is 54.6 Å². The molecule has 3 aromatic rings. The van der Waals surface area contributed by atoms with Gasteiger partial charge in [0, 0.05) is 24.6 Å². The van der Waals surface area contributed by atoms with Gasteiger partial charge in [0.25, 0.3) is 5.91 Å². The maximum Gasteiger partial charge on any atom is 0.258 e. The lowest BCUT2D eigenvalue weighted by molar-refractivity contribution is 0.102. The van der Waals surface area contributed by atoms with Gasteiger partial charge in [-0.05, 0) is 30.2 Å². The number of nitrogens with one attached hydrogen (secondary N) is 2. The minimum atomic E-state index is -0.239. The summed E-state index contributed by atoms with van der Waals surface area (Å²) in [5, 5.41) is 5.95. The molecule has 0 fully saturated rings. The molecule has 3 rings (SSSR count). The van der Waals surface area contributed by atoms with Gasteiger partial charge in [-0.2, -0.15) is 0 Å². The van der Waals surface area contributed by atoms with E-state index in [9.17, 15) is 4.79 Å². The second kappa shape index (κ2) is 8.62. The van der Waals surface area contributed by atoms with Gasteiger partial charge in [-0.25, -0.2) is 9.97 Å². The van der Waals surface area contributed by atoms with Crippen molar-refractivity contribution in [2.75, 3.05) is 24.3 Å². The van der Waals surface area contributed by atoms with Crippen LogP contribution in [0.3, 0.4) is 0 Å². The molecule has 26 heavy (non-hydrogen) atoms. The lowest BCUT2D eigenvalue weighted by atomic mass is 10.1. The highest BCUT2D eigenvalue weighted by Gasteiger charge is 2.08. The lowest BCUT2D eigenvalue weighted by Gasteiger charge is -2.09. The molecule has 0 spiro atoms. The van der Waals surface area contributed by atoms with Crippen molar-refractivity contribution in [1.29, 1.82) is 0 Å². The van der Waals surface area contributed by atoms with Gasteiger partial charge < -0.3 is 15.4 Å². The summed E-state index contributed by atoms with van der Waals surface area (Å²) in [5.41, 5.74) is 2.25. The van der Waals surface area contributed by atoms with Gasteiger partial charge in [0.05, 0.1) is 12.7 Å². The summed E-state index contributed by atoms with van der Waals surface area (Å²) in [4.78, 5) is 20.6. The van der Waals surface area contributed by atoms with Gasteiger partial charge in [0.1, 0.15) is 5.75 Å². The molecule has 0 aliphatic rings. The van der Waals surface area contributed by atoms with Crippen molar-refractivity contribution in [3.8, 4) is 5.75 Å². The maximum absolute atomic E-state index is 12.2. The Bertz CT molecular complexity index is 851. The minimum absolute atomic E-state index is 0.239. The molecule has 0 radical (unpaired) electrons. The molecule has 132 valence electrons. The number of rotatable bonds is 7. The molecule has 1 aromatic heterocycles. The molecule has 0 saturated carbocycles. The van der Waals surface area contributed by atoms with Crippen LogP contribution in [0.2, 0.25) is 0 Å². The van der Waals surface area contributed by atoms with E-state index in [0.717, 1.165) is 23.4 Å².